The first-order valence-corrected chi connectivity index (χ1v) is 9.77. The van der Waals surface area contributed by atoms with Gasteiger partial charge in [0.05, 0.1) is 5.39 Å². The van der Waals surface area contributed by atoms with Crippen LogP contribution in [0.3, 0.4) is 0 Å². The molecule has 0 bridgehead atoms. The third-order valence-electron chi connectivity index (χ3n) is 5.09. The Kier molecular flexibility index (Phi) is 4.43. The van der Waals surface area contributed by atoms with Gasteiger partial charge in [0.2, 0.25) is 5.91 Å². The molecule has 1 unspecified atom stereocenters. The highest BCUT2D eigenvalue weighted by Gasteiger charge is 2.27. The number of nitrogens with two attached hydrogens (primary N) is 1. The molecular weight excluding hydrogens is 378 g/mol. The van der Waals surface area contributed by atoms with Crippen LogP contribution >= 0.6 is 11.3 Å². The van der Waals surface area contributed by atoms with Crippen LogP contribution in [0.4, 0.5) is 5.69 Å². The van der Waals surface area contributed by atoms with E-state index in [0.29, 0.717) is 27.4 Å². The van der Waals surface area contributed by atoms with E-state index < -0.39 is 17.4 Å². The summed E-state index contributed by atoms with van der Waals surface area (Å²) in [6.07, 6.45) is 2.72. The van der Waals surface area contributed by atoms with Gasteiger partial charge in [-0.3, -0.25) is 14.4 Å². The molecule has 0 fully saturated rings. The maximum Gasteiger partial charge on any atom is 0.265 e. The van der Waals surface area contributed by atoms with Gasteiger partial charge in [0.25, 0.3) is 11.5 Å². The predicted octanol–water partition coefficient (Wildman–Crippen LogP) is 2.77. The Labute approximate surface area is 164 Å². The zero-order chi connectivity index (χ0) is 20.0. The lowest BCUT2D eigenvalue weighted by molar-refractivity contribution is 0.0997. The van der Waals surface area contributed by atoms with Crippen molar-refractivity contribution in [1.29, 1.82) is 0 Å². The number of H-pyrrole nitrogens is 1. The first kappa shape index (κ1) is 18.2. The number of benzene rings is 1. The fourth-order valence-electron chi connectivity index (χ4n) is 3.61. The van der Waals surface area contributed by atoms with Gasteiger partial charge in [0, 0.05) is 16.1 Å². The lowest BCUT2D eigenvalue weighted by Crippen LogP contribution is -2.23. The summed E-state index contributed by atoms with van der Waals surface area (Å²) >= 11 is 1.47. The number of rotatable bonds is 3. The van der Waals surface area contributed by atoms with Gasteiger partial charge in [-0.2, -0.15) is 0 Å². The average Bonchev–Trinajstić information content (AvgIpc) is 2.99. The number of carbonyl (C=O) groups excluding carboxylic acids is 2. The Bertz CT molecular complexity index is 1160. The number of carbonyl (C=O) groups is 2. The molecule has 1 atom stereocenters. The summed E-state index contributed by atoms with van der Waals surface area (Å²) in [5, 5.41) is 13.9. The van der Waals surface area contributed by atoms with Crippen LogP contribution in [0.1, 0.15) is 44.5 Å². The minimum atomic E-state index is -0.711. The predicted molar refractivity (Wildman–Crippen MR) is 108 cm³/mol. The largest absolute Gasteiger partial charge is 0.506 e. The van der Waals surface area contributed by atoms with Gasteiger partial charge in [0.1, 0.15) is 16.1 Å². The lowest BCUT2D eigenvalue weighted by Gasteiger charge is -2.18. The van der Waals surface area contributed by atoms with Crippen LogP contribution in [0.2, 0.25) is 0 Å². The number of amides is 2. The quantitative estimate of drug-likeness (QED) is 0.542. The number of fused-ring (bicyclic) bond motifs is 3. The SMILES string of the molecule is CC1CCc2c(sc3[nH]c(=O)c(C(=O)Nc4ccc(C(N)=O)cc4)c(O)c23)C1. The number of aromatic hydroxyl groups is 1. The summed E-state index contributed by atoms with van der Waals surface area (Å²) in [6, 6.07) is 5.97. The minimum Gasteiger partial charge on any atom is -0.506 e. The van der Waals surface area contributed by atoms with E-state index in [1.54, 1.807) is 0 Å². The zero-order valence-corrected chi connectivity index (χ0v) is 16.0. The molecule has 144 valence electrons. The van der Waals surface area contributed by atoms with Crippen LogP contribution in [0.5, 0.6) is 5.75 Å². The van der Waals surface area contributed by atoms with Crippen molar-refractivity contribution >= 4 is 39.1 Å². The van der Waals surface area contributed by atoms with E-state index in [-0.39, 0.29) is 11.3 Å². The number of hydrogen-bond acceptors (Lipinski definition) is 5. The van der Waals surface area contributed by atoms with E-state index in [0.717, 1.165) is 29.7 Å². The Morgan fingerprint density at radius 3 is 2.68 bits per heavy atom. The molecule has 0 spiro atoms. The molecule has 1 aromatic carbocycles. The molecule has 1 aliphatic carbocycles. The summed E-state index contributed by atoms with van der Waals surface area (Å²) in [5.41, 5.74) is 5.96. The van der Waals surface area contributed by atoms with Crippen molar-refractivity contribution in [3.8, 4) is 5.75 Å². The number of aryl methyl sites for hydroxylation is 1. The number of primary amides is 1. The summed E-state index contributed by atoms with van der Waals surface area (Å²) < 4.78 is 0. The summed E-state index contributed by atoms with van der Waals surface area (Å²) in [5.74, 6) is -1.01. The summed E-state index contributed by atoms with van der Waals surface area (Å²) in [6.45, 7) is 2.18. The van der Waals surface area contributed by atoms with Gasteiger partial charge in [-0.05, 0) is 55.0 Å². The number of thiophene rings is 1. The average molecular weight is 397 g/mol. The first-order valence-electron chi connectivity index (χ1n) is 8.96. The smallest absolute Gasteiger partial charge is 0.265 e. The van der Waals surface area contributed by atoms with Gasteiger partial charge >= 0.3 is 0 Å². The number of hydrogen-bond donors (Lipinski definition) is 4. The minimum absolute atomic E-state index is 0.281. The van der Waals surface area contributed by atoms with Gasteiger partial charge in [-0.25, -0.2) is 0 Å². The number of anilines is 1. The molecule has 0 aliphatic heterocycles. The molecule has 2 aromatic heterocycles. The molecule has 2 amide bonds. The van der Waals surface area contributed by atoms with Crippen LogP contribution in [-0.4, -0.2) is 21.9 Å². The second kappa shape index (κ2) is 6.79. The third kappa shape index (κ3) is 3.05. The van der Waals surface area contributed by atoms with Crippen molar-refractivity contribution in [2.75, 3.05) is 5.32 Å². The highest BCUT2D eigenvalue weighted by atomic mass is 32.1. The monoisotopic (exact) mass is 397 g/mol. The van der Waals surface area contributed by atoms with Crippen molar-refractivity contribution in [1.82, 2.24) is 4.98 Å². The molecule has 4 rings (SSSR count). The fourth-order valence-corrected chi connectivity index (χ4v) is 5.02. The van der Waals surface area contributed by atoms with Gasteiger partial charge in [-0.1, -0.05) is 6.92 Å². The van der Waals surface area contributed by atoms with E-state index in [4.69, 9.17) is 5.73 Å². The fraction of sp³-hybridized carbons (Fsp3) is 0.250. The Hall–Kier alpha value is -3.13. The number of aromatic amines is 1. The first-order chi connectivity index (χ1) is 13.3. The topological polar surface area (TPSA) is 125 Å². The molecule has 0 saturated heterocycles. The molecule has 3 aromatic rings. The van der Waals surface area contributed by atoms with E-state index in [1.165, 1.54) is 35.6 Å². The normalized spacial score (nSPS) is 16.0. The van der Waals surface area contributed by atoms with Crippen LogP contribution in [0, 0.1) is 5.92 Å². The van der Waals surface area contributed by atoms with Crippen molar-refractivity contribution < 1.29 is 14.7 Å². The number of pyridine rings is 1. The van der Waals surface area contributed by atoms with Crippen molar-refractivity contribution in [3.05, 3.63) is 56.2 Å². The van der Waals surface area contributed by atoms with E-state index in [2.05, 4.69) is 17.2 Å². The number of nitrogens with one attached hydrogen (secondary N) is 2. The molecule has 7 nitrogen and oxygen atoms in total. The maximum atomic E-state index is 12.7. The van der Waals surface area contributed by atoms with E-state index in [1.807, 2.05) is 0 Å². The van der Waals surface area contributed by atoms with Gasteiger partial charge < -0.3 is 21.1 Å². The molecular formula is C20H19N3O4S. The van der Waals surface area contributed by atoms with Gasteiger partial charge in [0.15, 0.2) is 0 Å². The molecule has 5 N–H and O–H groups in total. The molecule has 0 saturated carbocycles. The van der Waals surface area contributed by atoms with Crippen molar-refractivity contribution in [2.45, 2.75) is 26.2 Å². The molecule has 2 heterocycles. The summed E-state index contributed by atoms with van der Waals surface area (Å²) in [7, 11) is 0. The second-order valence-corrected chi connectivity index (χ2v) is 8.23. The van der Waals surface area contributed by atoms with Crippen LogP contribution < -0.4 is 16.6 Å². The molecule has 28 heavy (non-hydrogen) atoms. The molecule has 0 radical (unpaired) electrons. The molecule has 1 aliphatic rings. The van der Waals surface area contributed by atoms with Crippen molar-refractivity contribution in [3.63, 3.8) is 0 Å². The highest BCUT2D eigenvalue weighted by Crippen LogP contribution is 2.41. The highest BCUT2D eigenvalue weighted by molar-refractivity contribution is 7.18. The van der Waals surface area contributed by atoms with Crippen LogP contribution in [0.15, 0.2) is 29.1 Å². The Morgan fingerprint density at radius 2 is 2.00 bits per heavy atom. The van der Waals surface area contributed by atoms with Gasteiger partial charge in [-0.15, -0.1) is 11.3 Å². The van der Waals surface area contributed by atoms with Crippen LogP contribution in [-0.2, 0) is 12.8 Å². The standard InChI is InChI=1S/C20H19N3O4S/c1-9-2-7-12-13(8-9)28-20-14(12)16(24)15(19(27)23-20)18(26)22-11-5-3-10(4-6-11)17(21)25/h3-6,9H,2,7-8H2,1H3,(H2,21,25)(H,22,26)(H2,23,24,27). The van der Waals surface area contributed by atoms with E-state index >= 15 is 0 Å². The van der Waals surface area contributed by atoms with E-state index in [9.17, 15) is 19.5 Å². The Morgan fingerprint density at radius 1 is 1.29 bits per heavy atom. The summed E-state index contributed by atoms with van der Waals surface area (Å²) in [4.78, 5) is 40.8. The van der Waals surface area contributed by atoms with Crippen molar-refractivity contribution in [2.24, 2.45) is 11.7 Å². The number of aromatic nitrogens is 1. The second-order valence-electron chi connectivity index (χ2n) is 7.13. The van der Waals surface area contributed by atoms with Crippen LogP contribution in [0.25, 0.3) is 10.2 Å². The maximum absolute atomic E-state index is 12.7. The molecule has 8 heteroatoms. The zero-order valence-electron chi connectivity index (χ0n) is 15.2. The lowest BCUT2D eigenvalue weighted by atomic mass is 9.89. The third-order valence-corrected chi connectivity index (χ3v) is 6.26. The Balaban J connectivity index is 1.72.